The van der Waals surface area contributed by atoms with Crippen LogP contribution in [0.5, 0.6) is 5.75 Å². The standard InChI is InChI=1S/C17H23FN2O3/c1-22-15-11-13(16(21)23-2)3-4-14(15)20-10-9-19-8-7-17(12-18)5-6-17/h3-4,8,11,20H,5-7,9-10,12H2,1-2H3. The lowest BCUT2D eigenvalue weighted by molar-refractivity contribution is 0.0600. The van der Waals surface area contributed by atoms with Crippen LogP contribution in [0.2, 0.25) is 0 Å². The molecule has 0 heterocycles. The van der Waals surface area contributed by atoms with Crippen LogP contribution in [-0.4, -0.2) is 46.2 Å². The molecule has 1 aliphatic carbocycles. The molecule has 23 heavy (non-hydrogen) atoms. The Kier molecular flexibility index (Phi) is 5.96. The summed E-state index contributed by atoms with van der Waals surface area (Å²) in [7, 11) is 2.89. The van der Waals surface area contributed by atoms with E-state index in [-0.39, 0.29) is 12.1 Å². The second-order valence-electron chi connectivity index (χ2n) is 5.76. The van der Waals surface area contributed by atoms with Crippen LogP contribution in [0.15, 0.2) is 23.2 Å². The summed E-state index contributed by atoms with van der Waals surface area (Å²) in [5.41, 5.74) is 1.12. The lowest BCUT2D eigenvalue weighted by atomic mass is 10.1. The fraction of sp³-hybridized carbons (Fsp3) is 0.529. The Morgan fingerprint density at radius 3 is 2.83 bits per heavy atom. The van der Waals surface area contributed by atoms with Gasteiger partial charge in [-0.3, -0.25) is 9.38 Å². The number of hydrogen-bond donors (Lipinski definition) is 1. The SMILES string of the molecule is COC(=O)c1ccc(NCCN=CCC2(CF)CC2)c(OC)c1. The first-order valence-electron chi connectivity index (χ1n) is 7.68. The average molecular weight is 322 g/mol. The van der Waals surface area contributed by atoms with E-state index in [0.29, 0.717) is 24.4 Å². The van der Waals surface area contributed by atoms with Gasteiger partial charge in [-0.05, 0) is 43.7 Å². The van der Waals surface area contributed by atoms with Crippen LogP contribution in [-0.2, 0) is 4.74 Å². The number of nitrogens with one attached hydrogen (secondary N) is 1. The molecule has 1 aromatic carbocycles. The fourth-order valence-electron chi connectivity index (χ4n) is 2.26. The van der Waals surface area contributed by atoms with Crippen molar-refractivity contribution in [2.45, 2.75) is 19.3 Å². The van der Waals surface area contributed by atoms with Crippen molar-refractivity contribution < 1.29 is 18.7 Å². The van der Waals surface area contributed by atoms with Gasteiger partial charge >= 0.3 is 5.97 Å². The molecule has 0 radical (unpaired) electrons. The van der Waals surface area contributed by atoms with Crippen molar-refractivity contribution in [2.24, 2.45) is 10.4 Å². The summed E-state index contributed by atoms with van der Waals surface area (Å²) in [4.78, 5) is 15.8. The van der Waals surface area contributed by atoms with Gasteiger partial charge < -0.3 is 14.8 Å². The number of benzene rings is 1. The van der Waals surface area contributed by atoms with Crippen LogP contribution in [0.25, 0.3) is 0 Å². The van der Waals surface area contributed by atoms with Crippen LogP contribution in [0, 0.1) is 5.41 Å². The van der Waals surface area contributed by atoms with Crippen molar-refractivity contribution in [1.82, 2.24) is 0 Å². The number of rotatable bonds is 9. The molecule has 126 valence electrons. The Bertz CT molecular complexity index is 571. The van der Waals surface area contributed by atoms with E-state index in [0.717, 1.165) is 24.9 Å². The molecule has 0 atom stereocenters. The molecule has 0 bridgehead atoms. The Labute approximate surface area is 135 Å². The summed E-state index contributed by atoms with van der Waals surface area (Å²) in [6, 6.07) is 5.09. The van der Waals surface area contributed by atoms with Gasteiger partial charge in [-0.2, -0.15) is 0 Å². The first-order valence-corrected chi connectivity index (χ1v) is 7.68. The van der Waals surface area contributed by atoms with Gasteiger partial charge in [0.2, 0.25) is 0 Å². The van der Waals surface area contributed by atoms with Crippen LogP contribution in [0.3, 0.4) is 0 Å². The molecule has 0 amide bonds. The number of carbonyl (C=O) groups excluding carboxylic acids is 1. The quantitative estimate of drug-likeness (QED) is 0.431. The predicted molar refractivity (Wildman–Crippen MR) is 88.4 cm³/mol. The Hall–Kier alpha value is -2.11. The number of anilines is 1. The molecule has 5 nitrogen and oxygen atoms in total. The molecule has 0 unspecified atom stereocenters. The minimum absolute atomic E-state index is 0.107. The van der Waals surface area contributed by atoms with Crippen molar-refractivity contribution in [3.05, 3.63) is 23.8 Å². The molecule has 6 heteroatoms. The van der Waals surface area contributed by atoms with Crippen molar-refractivity contribution in [3.63, 3.8) is 0 Å². The van der Waals surface area contributed by atoms with Gasteiger partial charge in [-0.25, -0.2) is 4.79 Å². The van der Waals surface area contributed by atoms with Crippen molar-refractivity contribution in [1.29, 1.82) is 0 Å². The molecule has 0 aliphatic heterocycles. The Morgan fingerprint density at radius 2 is 2.22 bits per heavy atom. The van der Waals surface area contributed by atoms with Crippen LogP contribution in [0.4, 0.5) is 10.1 Å². The number of ether oxygens (including phenoxy) is 2. The van der Waals surface area contributed by atoms with Gasteiger partial charge in [-0.15, -0.1) is 0 Å². The third-order valence-electron chi connectivity index (χ3n) is 4.07. The van der Waals surface area contributed by atoms with Gasteiger partial charge in [0.05, 0.1) is 38.7 Å². The summed E-state index contributed by atoms with van der Waals surface area (Å²) >= 11 is 0. The zero-order valence-corrected chi connectivity index (χ0v) is 13.6. The highest BCUT2D eigenvalue weighted by molar-refractivity contribution is 5.90. The number of carbonyl (C=O) groups is 1. The number of nitrogens with zero attached hydrogens (tertiary/aromatic N) is 1. The lowest BCUT2D eigenvalue weighted by Crippen LogP contribution is -2.08. The van der Waals surface area contributed by atoms with Crippen molar-refractivity contribution in [3.8, 4) is 5.75 Å². The maximum absolute atomic E-state index is 12.7. The second-order valence-corrected chi connectivity index (χ2v) is 5.76. The number of alkyl halides is 1. The van der Waals surface area contributed by atoms with E-state index < -0.39 is 5.97 Å². The van der Waals surface area contributed by atoms with E-state index >= 15 is 0 Å². The van der Waals surface area contributed by atoms with E-state index in [2.05, 4.69) is 15.0 Å². The monoisotopic (exact) mass is 322 g/mol. The number of hydrogen-bond acceptors (Lipinski definition) is 5. The second kappa shape index (κ2) is 7.94. The molecule has 1 fully saturated rings. The van der Waals surface area contributed by atoms with Crippen molar-refractivity contribution in [2.75, 3.05) is 39.3 Å². The van der Waals surface area contributed by atoms with E-state index in [1.54, 1.807) is 25.3 Å². The maximum atomic E-state index is 12.7. The van der Waals surface area contributed by atoms with Crippen molar-refractivity contribution >= 4 is 17.9 Å². The topological polar surface area (TPSA) is 59.9 Å². The summed E-state index contributed by atoms with van der Waals surface area (Å²) in [6.45, 7) is 0.984. The van der Waals surface area contributed by atoms with E-state index in [9.17, 15) is 9.18 Å². The highest BCUT2D eigenvalue weighted by atomic mass is 19.1. The molecule has 1 aromatic rings. The molecule has 1 aliphatic rings. The molecule has 1 N–H and O–H groups in total. The summed E-state index contributed by atoms with van der Waals surface area (Å²) < 4.78 is 22.7. The number of methoxy groups -OCH3 is 2. The lowest BCUT2D eigenvalue weighted by Gasteiger charge is -2.11. The Morgan fingerprint density at radius 1 is 1.43 bits per heavy atom. The molecule has 0 spiro atoms. The summed E-state index contributed by atoms with van der Waals surface area (Å²) in [6.07, 6.45) is 4.49. The van der Waals surface area contributed by atoms with Crippen LogP contribution >= 0.6 is 0 Å². The largest absolute Gasteiger partial charge is 0.495 e. The van der Waals surface area contributed by atoms with E-state index in [1.807, 2.05) is 6.21 Å². The Balaban J connectivity index is 1.80. The summed E-state index contributed by atoms with van der Waals surface area (Å²) in [5.74, 6) is 0.174. The smallest absolute Gasteiger partial charge is 0.337 e. The number of aliphatic imine (C=N–C) groups is 1. The fourth-order valence-corrected chi connectivity index (χ4v) is 2.26. The third-order valence-corrected chi connectivity index (χ3v) is 4.07. The minimum Gasteiger partial charge on any atom is -0.495 e. The van der Waals surface area contributed by atoms with Gasteiger partial charge in [0.25, 0.3) is 0 Å². The van der Waals surface area contributed by atoms with E-state index in [4.69, 9.17) is 4.74 Å². The first-order chi connectivity index (χ1) is 11.1. The molecular weight excluding hydrogens is 299 g/mol. The zero-order valence-electron chi connectivity index (χ0n) is 13.6. The highest BCUT2D eigenvalue weighted by Crippen LogP contribution is 2.48. The number of esters is 1. The number of halogens is 1. The van der Waals surface area contributed by atoms with Gasteiger partial charge in [0, 0.05) is 12.0 Å². The molecule has 0 saturated heterocycles. The average Bonchev–Trinajstić information content (AvgIpc) is 3.37. The van der Waals surface area contributed by atoms with Gasteiger partial charge in [-0.1, -0.05) is 0 Å². The first kappa shape index (κ1) is 17.2. The maximum Gasteiger partial charge on any atom is 0.337 e. The zero-order chi connectivity index (χ0) is 16.7. The normalized spacial score (nSPS) is 15.4. The molecule has 0 aromatic heterocycles. The molecule has 2 rings (SSSR count). The van der Waals surface area contributed by atoms with Crippen LogP contribution < -0.4 is 10.1 Å². The summed E-state index contributed by atoms with van der Waals surface area (Å²) in [5, 5.41) is 3.21. The van der Waals surface area contributed by atoms with Crippen LogP contribution in [0.1, 0.15) is 29.6 Å². The molecular formula is C17H23FN2O3. The van der Waals surface area contributed by atoms with Gasteiger partial charge in [0.1, 0.15) is 5.75 Å². The molecule has 1 saturated carbocycles. The highest BCUT2D eigenvalue weighted by Gasteiger charge is 2.41. The minimum atomic E-state index is -0.402. The van der Waals surface area contributed by atoms with E-state index in [1.165, 1.54) is 7.11 Å². The third kappa shape index (κ3) is 4.68. The van der Waals surface area contributed by atoms with Gasteiger partial charge in [0.15, 0.2) is 0 Å². The predicted octanol–water partition coefficient (Wildman–Crippen LogP) is 3.10.